The van der Waals surface area contributed by atoms with E-state index in [-0.39, 0.29) is 5.41 Å². The Kier molecular flexibility index (Phi) is 7.47. The van der Waals surface area contributed by atoms with E-state index in [1.165, 1.54) is 77.9 Å². The zero-order chi connectivity index (χ0) is 37.1. The summed E-state index contributed by atoms with van der Waals surface area (Å²) in [4.78, 5) is 2.43. The average molecular weight is 712 g/mol. The maximum atomic E-state index is 2.47. The van der Waals surface area contributed by atoms with Gasteiger partial charge in [-0.1, -0.05) is 194 Å². The second kappa shape index (κ2) is 13.0. The number of nitrogens with zero attached hydrogens (tertiary/aromatic N) is 1. The fourth-order valence-corrected chi connectivity index (χ4v) is 9.55. The Morgan fingerprint density at radius 2 is 0.625 bits per heavy atom. The summed E-state index contributed by atoms with van der Waals surface area (Å²) in [6, 6.07) is 82.3. The Morgan fingerprint density at radius 3 is 1.11 bits per heavy atom. The standard InChI is InChI=1S/C55H37N/c1-3-17-39(18-4-1)43-21-10-15-29-53(43)56(54-30-16-11-22-44(54)40-19-5-2-6-20-40)42-34-31-38(32-35-42)41-33-36-48-47-25-9-14-28-51(47)55(52(48)37-41)49-26-12-7-23-45(49)46-24-8-13-27-50(46)55/h1-37H. The van der Waals surface area contributed by atoms with Crippen LogP contribution < -0.4 is 4.90 Å². The summed E-state index contributed by atoms with van der Waals surface area (Å²) in [6.45, 7) is 0. The highest BCUT2D eigenvalue weighted by Crippen LogP contribution is 2.63. The maximum absolute atomic E-state index is 2.47. The van der Waals surface area contributed by atoms with E-state index in [2.05, 4.69) is 229 Å². The average Bonchev–Trinajstić information content (AvgIpc) is 3.75. The molecule has 0 heterocycles. The first kappa shape index (κ1) is 32.2. The van der Waals surface area contributed by atoms with Crippen molar-refractivity contribution >= 4 is 17.1 Å². The Balaban J connectivity index is 1.08. The van der Waals surface area contributed by atoms with E-state index in [1.54, 1.807) is 0 Å². The van der Waals surface area contributed by atoms with Gasteiger partial charge in [-0.05, 0) is 97.1 Å². The Hall–Kier alpha value is -7.22. The summed E-state index contributed by atoms with van der Waals surface area (Å²) in [7, 11) is 0. The summed E-state index contributed by atoms with van der Waals surface area (Å²) in [5, 5.41) is 0. The van der Waals surface area contributed by atoms with E-state index >= 15 is 0 Å². The summed E-state index contributed by atoms with van der Waals surface area (Å²) in [6.07, 6.45) is 0. The third-order valence-electron chi connectivity index (χ3n) is 11.9. The number of rotatable bonds is 6. The number of anilines is 3. The molecule has 1 nitrogen and oxygen atoms in total. The zero-order valence-electron chi connectivity index (χ0n) is 30.8. The molecule has 0 radical (unpaired) electrons. The first-order valence-electron chi connectivity index (χ1n) is 19.4. The van der Waals surface area contributed by atoms with Gasteiger partial charge >= 0.3 is 0 Å². The van der Waals surface area contributed by atoms with Gasteiger partial charge in [0.2, 0.25) is 0 Å². The third-order valence-corrected chi connectivity index (χ3v) is 11.9. The monoisotopic (exact) mass is 711 g/mol. The third kappa shape index (κ3) is 4.81. The molecule has 0 N–H and O–H groups in total. The molecule has 0 bridgehead atoms. The van der Waals surface area contributed by atoms with Gasteiger partial charge in [0.25, 0.3) is 0 Å². The molecule has 2 aliphatic rings. The van der Waals surface area contributed by atoms with Crippen molar-refractivity contribution in [2.45, 2.75) is 5.41 Å². The zero-order valence-corrected chi connectivity index (χ0v) is 30.8. The van der Waals surface area contributed by atoms with Gasteiger partial charge in [0.15, 0.2) is 0 Å². The Labute approximate surface area is 328 Å². The molecular formula is C55H37N. The van der Waals surface area contributed by atoms with Crippen LogP contribution in [0.15, 0.2) is 224 Å². The lowest BCUT2D eigenvalue weighted by atomic mass is 9.70. The van der Waals surface area contributed by atoms with Crippen molar-refractivity contribution < 1.29 is 0 Å². The minimum atomic E-state index is -0.367. The lowest BCUT2D eigenvalue weighted by Gasteiger charge is -2.31. The smallest absolute Gasteiger partial charge is 0.0725 e. The lowest BCUT2D eigenvalue weighted by molar-refractivity contribution is 0.794. The molecule has 0 aromatic heterocycles. The minimum Gasteiger partial charge on any atom is -0.309 e. The number of benzene rings is 9. The first-order valence-corrected chi connectivity index (χ1v) is 19.4. The molecule has 9 aromatic rings. The van der Waals surface area contributed by atoms with Crippen LogP contribution in [-0.2, 0) is 5.41 Å². The van der Waals surface area contributed by atoms with E-state index < -0.39 is 0 Å². The molecule has 1 spiro atoms. The van der Waals surface area contributed by atoms with E-state index in [9.17, 15) is 0 Å². The van der Waals surface area contributed by atoms with Crippen molar-refractivity contribution in [3.8, 4) is 55.6 Å². The van der Waals surface area contributed by atoms with E-state index in [4.69, 9.17) is 0 Å². The summed E-state index contributed by atoms with van der Waals surface area (Å²) in [5.74, 6) is 0. The van der Waals surface area contributed by atoms with Crippen LogP contribution in [-0.4, -0.2) is 0 Å². The van der Waals surface area contributed by atoms with Crippen molar-refractivity contribution in [2.75, 3.05) is 4.90 Å². The Bertz CT molecular complexity index is 2760. The Morgan fingerprint density at radius 1 is 0.250 bits per heavy atom. The molecule has 262 valence electrons. The molecule has 0 aliphatic heterocycles. The molecule has 2 aliphatic carbocycles. The van der Waals surface area contributed by atoms with Gasteiger partial charge in [-0.2, -0.15) is 0 Å². The van der Waals surface area contributed by atoms with Crippen LogP contribution in [0.2, 0.25) is 0 Å². The van der Waals surface area contributed by atoms with Crippen molar-refractivity contribution in [2.24, 2.45) is 0 Å². The highest BCUT2D eigenvalue weighted by Gasteiger charge is 2.51. The summed E-state index contributed by atoms with van der Waals surface area (Å²) in [5.41, 5.74) is 20.9. The molecule has 0 saturated carbocycles. The van der Waals surface area contributed by atoms with Gasteiger partial charge in [0, 0.05) is 16.8 Å². The van der Waals surface area contributed by atoms with E-state index in [1.807, 2.05) is 0 Å². The predicted molar refractivity (Wildman–Crippen MR) is 234 cm³/mol. The van der Waals surface area contributed by atoms with Crippen LogP contribution in [0, 0.1) is 0 Å². The summed E-state index contributed by atoms with van der Waals surface area (Å²) >= 11 is 0. The van der Waals surface area contributed by atoms with E-state index in [0.717, 1.165) is 17.1 Å². The predicted octanol–water partition coefficient (Wildman–Crippen LogP) is 14.5. The molecular weight excluding hydrogens is 675 g/mol. The highest BCUT2D eigenvalue weighted by molar-refractivity contribution is 5.97. The van der Waals surface area contributed by atoms with Crippen molar-refractivity contribution in [1.82, 2.24) is 0 Å². The van der Waals surface area contributed by atoms with Crippen LogP contribution >= 0.6 is 0 Å². The van der Waals surface area contributed by atoms with Crippen LogP contribution in [0.5, 0.6) is 0 Å². The molecule has 11 rings (SSSR count). The SMILES string of the molecule is c1ccc(-c2ccccc2N(c2ccc(-c3ccc4c(c3)C3(c5ccccc5-c5ccccc53)c3ccccc3-4)cc2)c2ccccc2-c2ccccc2)cc1. The lowest BCUT2D eigenvalue weighted by Crippen LogP contribution is -2.25. The summed E-state index contributed by atoms with van der Waals surface area (Å²) < 4.78 is 0. The molecule has 9 aromatic carbocycles. The number of para-hydroxylation sites is 2. The van der Waals surface area contributed by atoms with Gasteiger partial charge in [-0.3, -0.25) is 0 Å². The normalized spacial score (nSPS) is 12.8. The van der Waals surface area contributed by atoms with Crippen molar-refractivity contribution in [3.05, 3.63) is 247 Å². The van der Waals surface area contributed by atoms with Gasteiger partial charge in [0.05, 0.1) is 16.8 Å². The van der Waals surface area contributed by atoms with E-state index in [0.29, 0.717) is 0 Å². The molecule has 0 fully saturated rings. The highest BCUT2D eigenvalue weighted by atomic mass is 15.1. The van der Waals surface area contributed by atoms with Gasteiger partial charge in [0.1, 0.15) is 0 Å². The first-order chi connectivity index (χ1) is 27.8. The van der Waals surface area contributed by atoms with Gasteiger partial charge < -0.3 is 4.90 Å². The van der Waals surface area contributed by atoms with Gasteiger partial charge in [-0.15, -0.1) is 0 Å². The number of fused-ring (bicyclic) bond motifs is 10. The second-order valence-electron chi connectivity index (χ2n) is 14.8. The van der Waals surface area contributed by atoms with Gasteiger partial charge in [-0.25, -0.2) is 0 Å². The van der Waals surface area contributed by atoms with Crippen LogP contribution in [0.1, 0.15) is 22.3 Å². The fraction of sp³-hybridized carbons (Fsp3) is 0.0182. The molecule has 56 heavy (non-hydrogen) atoms. The van der Waals surface area contributed by atoms with Crippen LogP contribution in [0.25, 0.3) is 55.6 Å². The van der Waals surface area contributed by atoms with Crippen molar-refractivity contribution in [3.63, 3.8) is 0 Å². The molecule has 0 atom stereocenters. The van der Waals surface area contributed by atoms with Crippen LogP contribution in [0.4, 0.5) is 17.1 Å². The molecule has 1 heteroatoms. The largest absolute Gasteiger partial charge is 0.309 e. The maximum Gasteiger partial charge on any atom is 0.0725 e. The minimum absolute atomic E-state index is 0.367. The van der Waals surface area contributed by atoms with Crippen LogP contribution in [0.3, 0.4) is 0 Å². The topological polar surface area (TPSA) is 3.24 Å². The van der Waals surface area contributed by atoms with Crippen molar-refractivity contribution in [1.29, 1.82) is 0 Å². The number of hydrogen-bond acceptors (Lipinski definition) is 1. The number of hydrogen-bond donors (Lipinski definition) is 0. The molecule has 0 amide bonds. The quantitative estimate of drug-likeness (QED) is 0.166. The molecule has 0 unspecified atom stereocenters. The molecule has 0 saturated heterocycles. The second-order valence-corrected chi connectivity index (χ2v) is 14.8. The fourth-order valence-electron chi connectivity index (χ4n) is 9.55.